The normalized spacial score (nSPS) is 10.7. The van der Waals surface area contributed by atoms with E-state index in [1.807, 2.05) is 24.3 Å². The van der Waals surface area contributed by atoms with Gasteiger partial charge in [-0.05, 0) is 35.4 Å². The van der Waals surface area contributed by atoms with Gasteiger partial charge in [0.2, 0.25) is 0 Å². The molecular formula is C26H22O6. The van der Waals surface area contributed by atoms with Gasteiger partial charge in [0, 0.05) is 35.1 Å². The van der Waals surface area contributed by atoms with Crippen LogP contribution in [0.25, 0.3) is 11.1 Å². The Morgan fingerprint density at radius 2 is 1.00 bits per heavy atom. The number of furan rings is 2. The molecule has 0 fully saturated rings. The van der Waals surface area contributed by atoms with E-state index in [-0.39, 0.29) is 11.9 Å². The summed E-state index contributed by atoms with van der Waals surface area (Å²) in [5.41, 5.74) is 7.05. The largest absolute Gasteiger partial charge is 0.472 e. The smallest absolute Gasteiger partial charge is 0.337 e. The summed E-state index contributed by atoms with van der Waals surface area (Å²) < 4.78 is 20.5. The molecule has 0 amide bonds. The van der Waals surface area contributed by atoms with Crippen LogP contribution in [0, 0.1) is 0 Å². The first-order chi connectivity index (χ1) is 15.6. The van der Waals surface area contributed by atoms with E-state index in [0.717, 1.165) is 33.4 Å². The third kappa shape index (κ3) is 4.49. The maximum absolute atomic E-state index is 11.6. The van der Waals surface area contributed by atoms with Crippen molar-refractivity contribution >= 4 is 11.9 Å². The molecule has 2 heterocycles. The molecule has 162 valence electrons. The highest BCUT2D eigenvalue weighted by Gasteiger charge is 2.16. The van der Waals surface area contributed by atoms with Gasteiger partial charge >= 0.3 is 11.9 Å². The minimum absolute atomic E-state index is 0.358. The van der Waals surface area contributed by atoms with E-state index in [9.17, 15) is 9.59 Å². The Bertz CT molecular complexity index is 1110. The molecule has 0 atom stereocenters. The van der Waals surface area contributed by atoms with Crippen molar-refractivity contribution < 1.29 is 27.9 Å². The van der Waals surface area contributed by atoms with Crippen LogP contribution in [0.5, 0.6) is 0 Å². The SMILES string of the molecule is COC(=O)c1ccc(Cc2cocc2-c2cocc2Cc2ccc(C(=O)OC)cc2)cc1. The number of hydrogen-bond acceptors (Lipinski definition) is 6. The summed E-state index contributed by atoms with van der Waals surface area (Å²) in [4.78, 5) is 23.3. The van der Waals surface area contributed by atoms with Crippen molar-refractivity contribution in [2.75, 3.05) is 14.2 Å². The number of ether oxygens (including phenoxy) is 2. The van der Waals surface area contributed by atoms with E-state index >= 15 is 0 Å². The molecule has 0 radical (unpaired) electrons. The molecule has 0 saturated carbocycles. The van der Waals surface area contributed by atoms with Crippen molar-refractivity contribution in [2.45, 2.75) is 12.8 Å². The van der Waals surface area contributed by atoms with Gasteiger partial charge in [0.25, 0.3) is 0 Å². The van der Waals surface area contributed by atoms with Gasteiger partial charge in [-0.1, -0.05) is 24.3 Å². The zero-order valence-corrected chi connectivity index (χ0v) is 17.8. The summed E-state index contributed by atoms with van der Waals surface area (Å²) in [7, 11) is 2.73. The van der Waals surface area contributed by atoms with Gasteiger partial charge in [-0.3, -0.25) is 0 Å². The summed E-state index contributed by atoms with van der Waals surface area (Å²) in [6, 6.07) is 14.6. The summed E-state index contributed by atoms with van der Waals surface area (Å²) in [6.45, 7) is 0. The van der Waals surface area contributed by atoms with Crippen LogP contribution in [0.15, 0.2) is 82.4 Å². The number of benzene rings is 2. The maximum atomic E-state index is 11.6. The summed E-state index contributed by atoms with van der Waals surface area (Å²) in [5, 5.41) is 0. The number of carbonyl (C=O) groups excluding carboxylic acids is 2. The molecule has 2 aromatic heterocycles. The van der Waals surface area contributed by atoms with Crippen molar-refractivity contribution in [1.82, 2.24) is 0 Å². The van der Waals surface area contributed by atoms with Gasteiger partial charge < -0.3 is 18.3 Å². The highest BCUT2D eigenvalue weighted by atomic mass is 16.5. The van der Waals surface area contributed by atoms with Crippen LogP contribution in [0.3, 0.4) is 0 Å². The number of esters is 2. The zero-order valence-electron chi connectivity index (χ0n) is 17.8. The first kappa shape index (κ1) is 21.2. The molecule has 6 heteroatoms. The quantitative estimate of drug-likeness (QED) is 0.371. The van der Waals surface area contributed by atoms with Crippen molar-refractivity contribution in [3.63, 3.8) is 0 Å². The lowest BCUT2D eigenvalue weighted by atomic mass is 9.95. The Hall–Kier alpha value is -4.06. The second-order valence-corrected chi connectivity index (χ2v) is 7.35. The second-order valence-electron chi connectivity index (χ2n) is 7.35. The molecule has 0 aliphatic heterocycles. The van der Waals surface area contributed by atoms with Crippen LogP contribution in [0.4, 0.5) is 0 Å². The van der Waals surface area contributed by atoms with E-state index < -0.39 is 0 Å². The Labute approximate surface area is 185 Å². The molecule has 4 aromatic rings. The van der Waals surface area contributed by atoms with Crippen LogP contribution in [-0.4, -0.2) is 26.2 Å². The van der Waals surface area contributed by atoms with Gasteiger partial charge in [0.1, 0.15) is 0 Å². The predicted molar refractivity (Wildman–Crippen MR) is 118 cm³/mol. The molecular weight excluding hydrogens is 408 g/mol. The zero-order chi connectivity index (χ0) is 22.5. The van der Waals surface area contributed by atoms with Gasteiger partial charge in [-0.15, -0.1) is 0 Å². The summed E-state index contributed by atoms with van der Waals surface area (Å²) in [6.07, 6.45) is 8.17. The highest BCUT2D eigenvalue weighted by molar-refractivity contribution is 5.89. The minimum atomic E-state index is -0.358. The molecule has 2 aromatic carbocycles. The van der Waals surface area contributed by atoms with Gasteiger partial charge in [-0.25, -0.2) is 9.59 Å². The molecule has 0 spiro atoms. The third-order valence-corrected chi connectivity index (χ3v) is 5.31. The first-order valence-electron chi connectivity index (χ1n) is 10.0. The molecule has 0 bridgehead atoms. The Kier molecular flexibility index (Phi) is 6.22. The average molecular weight is 430 g/mol. The van der Waals surface area contributed by atoms with Crippen LogP contribution in [0.1, 0.15) is 43.0 Å². The molecule has 6 nitrogen and oxygen atoms in total. The molecule has 0 N–H and O–H groups in total. The number of carbonyl (C=O) groups is 2. The number of rotatable bonds is 7. The van der Waals surface area contributed by atoms with Gasteiger partial charge in [-0.2, -0.15) is 0 Å². The van der Waals surface area contributed by atoms with Gasteiger partial charge in [0.05, 0.1) is 50.4 Å². The molecule has 0 unspecified atom stereocenters. The maximum Gasteiger partial charge on any atom is 0.337 e. The minimum Gasteiger partial charge on any atom is -0.472 e. The van der Waals surface area contributed by atoms with Gasteiger partial charge in [0.15, 0.2) is 0 Å². The van der Waals surface area contributed by atoms with Crippen molar-refractivity contribution in [2.24, 2.45) is 0 Å². The molecule has 32 heavy (non-hydrogen) atoms. The Balaban J connectivity index is 1.53. The first-order valence-corrected chi connectivity index (χ1v) is 10.0. The molecule has 0 saturated heterocycles. The predicted octanol–water partition coefficient (Wildman–Crippen LogP) is 5.29. The lowest BCUT2D eigenvalue weighted by Crippen LogP contribution is -2.01. The van der Waals surface area contributed by atoms with Crippen molar-refractivity contribution in [1.29, 1.82) is 0 Å². The fourth-order valence-electron chi connectivity index (χ4n) is 3.59. The molecule has 0 aliphatic rings. The average Bonchev–Trinajstić information content (AvgIpc) is 3.48. The van der Waals surface area contributed by atoms with E-state index in [4.69, 9.17) is 18.3 Å². The Morgan fingerprint density at radius 1 is 0.625 bits per heavy atom. The molecule has 4 rings (SSSR count). The van der Waals surface area contributed by atoms with Crippen LogP contribution < -0.4 is 0 Å². The summed E-state index contributed by atoms with van der Waals surface area (Å²) >= 11 is 0. The van der Waals surface area contributed by atoms with E-state index in [1.54, 1.807) is 49.3 Å². The number of methoxy groups -OCH3 is 2. The highest BCUT2D eigenvalue weighted by Crippen LogP contribution is 2.32. The van der Waals surface area contributed by atoms with E-state index in [0.29, 0.717) is 24.0 Å². The van der Waals surface area contributed by atoms with Crippen molar-refractivity contribution in [3.05, 3.63) is 107 Å². The standard InChI is InChI=1S/C26H22O6/c1-29-25(27)19-7-3-17(4-8-19)11-21-13-31-15-23(21)24-16-32-14-22(24)12-18-5-9-20(10-6-18)26(28)30-2/h3-10,13-16H,11-12H2,1-2H3. The lowest BCUT2D eigenvalue weighted by molar-refractivity contribution is 0.0592. The third-order valence-electron chi connectivity index (χ3n) is 5.31. The van der Waals surface area contributed by atoms with Crippen LogP contribution >= 0.6 is 0 Å². The summed E-state index contributed by atoms with van der Waals surface area (Å²) in [5.74, 6) is -0.716. The monoisotopic (exact) mass is 430 g/mol. The van der Waals surface area contributed by atoms with Crippen LogP contribution in [0.2, 0.25) is 0 Å². The fourth-order valence-corrected chi connectivity index (χ4v) is 3.59. The topological polar surface area (TPSA) is 78.9 Å². The van der Waals surface area contributed by atoms with Crippen molar-refractivity contribution in [3.8, 4) is 11.1 Å². The Morgan fingerprint density at radius 3 is 1.34 bits per heavy atom. The van der Waals surface area contributed by atoms with E-state index in [2.05, 4.69) is 0 Å². The molecule has 0 aliphatic carbocycles. The van der Waals surface area contributed by atoms with Crippen LogP contribution in [-0.2, 0) is 22.3 Å². The lowest BCUT2D eigenvalue weighted by Gasteiger charge is -2.06. The second kappa shape index (κ2) is 9.39. The van der Waals surface area contributed by atoms with E-state index in [1.165, 1.54) is 14.2 Å². The fraction of sp³-hybridized carbons (Fsp3) is 0.154. The number of hydrogen-bond donors (Lipinski definition) is 0.